The van der Waals surface area contributed by atoms with Crippen molar-refractivity contribution in [1.82, 2.24) is 9.80 Å². The van der Waals surface area contributed by atoms with E-state index in [2.05, 4.69) is 16.0 Å². The molecule has 1 heterocycles. The van der Waals surface area contributed by atoms with Gasteiger partial charge in [0.1, 0.15) is 11.6 Å². The zero-order valence-corrected chi connectivity index (χ0v) is 29.5. The molecule has 5 amide bonds. The second-order valence-electron chi connectivity index (χ2n) is 13.0. The highest BCUT2D eigenvalue weighted by Gasteiger charge is 2.32. The normalized spacial score (nSPS) is 19.4. The lowest BCUT2D eigenvalue weighted by molar-refractivity contribution is -0.137. The number of hydrogen-bond acceptors (Lipinski definition) is 6. The van der Waals surface area contributed by atoms with E-state index in [9.17, 15) is 37.1 Å². The van der Waals surface area contributed by atoms with Crippen molar-refractivity contribution in [2.24, 2.45) is 5.92 Å². The monoisotopic (exact) mass is 731 g/mol. The van der Waals surface area contributed by atoms with Crippen molar-refractivity contribution in [3.8, 4) is 5.75 Å². The first-order valence-corrected chi connectivity index (χ1v) is 17.0. The van der Waals surface area contributed by atoms with Crippen LogP contribution in [0.15, 0.2) is 66.7 Å². The average molecular weight is 732 g/mol. The molecule has 1 aliphatic heterocycles. The van der Waals surface area contributed by atoms with E-state index in [0.29, 0.717) is 30.9 Å². The Hall–Kier alpha value is -4.89. The Morgan fingerprint density at radius 3 is 2.23 bits per heavy atom. The number of nitrogens with one attached hydrogen (secondary N) is 3. The highest BCUT2D eigenvalue weighted by molar-refractivity contribution is 6.02. The summed E-state index contributed by atoms with van der Waals surface area (Å²) in [6.45, 7) is 5.64. The molecule has 0 aromatic heterocycles. The van der Waals surface area contributed by atoms with Gasteiger partial charge in [-0.3, -0.25) is 4.79 Å². The molecular weight excluding hydrogens is 686 g/mol. The van der Waals surface area contributed by atoms with Gasteiger partial charge in [0, 0.05) is 49.7 Å². The molecule has 4 N–H and O–H groups in total. The van der Waals surface area contributed by atoms with Gasteiger partial charge < -0.3 is 40.3 Å². The smallest absolute Gasteiger partial charge is 0.416 e. The summed E-state index contributed by atoms with van der Waals surface area (Å²) in [5, 5.41) is 18.1. The van der Waals surface area contributed by atoms with Crippen LogP contribution in [0.5, 0.6) is 5.75 Å². The molecule has 1 aliphatic rings. The third-order valence-electron chi connectivity index (χ3n) is 8.68. The third-order valence-corrected chi connectivity index (χ3v) is 8.68. The number of fused-ring (bicyclic) bond motifs is 1. The van der Waals surface area contributed by atoms with Gasteiger partial charge >= 0.3 is 18.2 Å². The van der Waals surface area contributed by atoms with Gasteiger partial charge in [-0.05, 0) is 99.8 Å². The highest BCUT2D eigenvalue weighted by Crippen LogP contribution is 2.31. The second-order valence-corrected chi connectivity index (χ2v) is 13.0. The molecule has 0 aliphatic carbocycles. The summed E-state index contributed by atoms with van der Waals surface area (Å²) >= 11 is 0. The van der Waals surface area contributed by atoms with Crippen LogP contribution in [0.1, 0.15) is 56.0 Å². The molecule has 3 aromatic carbocycles. The van der Waals surface area contributed by atoms with Gasteiger partial charge in [-0.25, -0.2) is 14.0 Å². The van der Waals surface area contributed by atoms with Crippen LogP contribution >= 0.6 is 0 Å². The number of aliphatic hydroxyl groups is 1. The average Bonchev–Trinajstić information content (AvgIpc) is 3.10. The van der Waals surface area contributed by atoms with E-state index in [1.165, 1.54) is 59.3 Å². The molecule has 0 bridgehead atoms. The van der Waals surface area contributed by atoms with Crippen molar-refractivity contribution in [3.05, 3.63) is 83.7 Å². The van der Waals surface area contributed by atoms with Gasteiger partial charge in [-0.15, -0.1) is 0 Å². The minimum atomic E-state index is -4.50. The summed E-state index contributed by atoms with van der Waals surface area (Å²) < 4.78 is 64.8. The van der Waals surface area contributed by atoms with Crippen LogP contribution in [-0.4, -0.2) is 84.5 Å². The standard InChI is InChI=1S/C37H45F4N5O6/c1-23-20-46(24(2)22-47)34(48)31-19-30(43-35(49)42-28-14-10-27(38)11-15-28)16-17-32(31)52-25(3)7-5-6-18-51-33(23)21-45(4)36(50)44-29-12-8-26(9-13-29)37(39,40)41/h8-17,19,23-25,33,47H,5-7,18,20-22H2,1-4H3,(H,44,50)(H2,42,43,49)/t23-,24-,25-,33+/m1/s1. The molecule has 0 spiro atoms. The van der Waals surface area contributed by atoms with Gasteiger partial charge in [0.15, 0.2) is 0 Å². The summed E-state index contributed by atoms with van der Waals surface area (Å²) in [5.74, 6) is -0.988. The minimum absolute atomic E-state index is 0.0938. The van der Waals surface area contributed by atoms with Crippen LogP contribution < -0.4 is 20.7 Å². The third kappa shape index (κ3) is 11.3. The molecule has 52 heavy (non-hydrogen) atoms. The number of anilines is 3. The molecule has 4 rings (SSSR count). The number of amides is 5. The number of ether oxygens (including phenoxy) is 2. The predicted octanol–water partition coefficient (Wildman–Crippen LogP) is 7.45. The molecule has 0 radical (unpaired) electrons. The Morgan fingerprint density at radius 2 is 1.58 bits per heavy atom. The van der Waals surface area contributed by atoms with Crippen molar-refractivity contribution in [2.75, 3.05) is 49.3 Å². The number of benzene rings is 3. The number of carbonyl (C=O) groups is 3. The maximum absolute atomic E-state index is 14.3. The molecular formula is C37H45F4N5O6. The Bertz CT molecular complexity index is 1660. The van der Waals surface area contributed by atoms with Gasteiger partial charge in [-0.1, -0.05) is 6.92 Å². The fourth-order valence-corrected chi connectivity index (χ4v) is 5.60. The molecule has 11 nitrogen and oxygen atoms in total. The summed E-state index contributed by atoms with van der Waals surface area (Å²) in [4.78, 5) is 43.0. The van der Waals surface area contributed by atoms with E-state index < -0.39 is 47.7 Å². The zero-order valence-electron chi connectivity index (χ0n) is 29.5. The van der Waals surface area contributed by atoms with Crippen molar-refractivity contribution < 1.29 is 46.5 Å². The highest BCUT2D eigenvalue weighted by atomic mass is 19.4. The largest absolute Gasteiger partial charge is 0.490 e. The fraction of sp³-hybridized carbons (Fsp3) is 0.432. The number of hydrogen-bond donors (Lipinski definition) is 4. The van der Waals surface area contributed by atoms with Gasteiger partial charge in [-0.2, -0.15) is 13.2 Å². The maximum Gasteiger partial charge on any atom is 0.416 e. The second kappa shape index (κ2) is 18.0. The van der Waals surface area contributed by atoms with E-state index in [1.54, 1.807) is 19.1 Å². The maximum atomic E-state index is 14.3. The number of urea groups is 2. The molecule has 0 saturated heterocycles. The molecule has 15 heteroatoms. The van der Waals surface area contributed by atoms with E-state index in [0.717, 1.165) is 18.6 Å². The first kappa shape index (κ1) is 39.9. The summed E-state index contributed by atoms with van der Waals surface area (Å²) in [5.41, 5.74) is 0.162. The number of likely N-dealkylation sites (N-methyl/N-ethyl adjacent to an activating group) is 1. The van der Waals surface area contributed by atoms with Crippen LogP contribution in [0.3, 0.4) is 0 Å². The van der Waals surface area contributed by atoms with Crippen LogP contribution in [0.2, 0.25) is 0 Å². The van der Waals surface area contributed by atoms with Crippen LogP contribution in [0.4, 0.5) is 44.2 Å². The number of halogens is 4. The fourth-order valence-electron chi connectivity index (χ4n) is 5.60. The van der Waals surface area contributed by atoms with E-state index in [1.807, 2.05) is 13.8 Å². The van der Waals surface area contributed by atoms with E-state index in [4.69, 9.17) is 9.47 Å². The number of rotatable bonds is 7. The van der Waals surface area contributed by atoms with Crippen molar-refractivity contribution in [3.63, 3.8) is 0 Å². The molecule has 3 aromatic rings. The lowest BCUT2D eigenvalue weighted by Crippen LogP contribution is -2.48. The summed E-state index contributed by atoms with van der Waals surface area (Å²) in [6, 6.07) is 12.2. The molecule has 0 saturated carbocycles. The predicted molar refractivity (Wildman–Crippen MR) is 189 cm³/mol. The Labute approximate surface area is 300 Å². The van der Waals surface area contributed by atoms with Crippen LogP contribution in [0, 0.1) is 11.7 Å². The quantitative estimate of drug-likeness (QED) is 0.187. The molecule has 0 unspecified atom stereocenters. The van der Waals surface area contributed by atoms with E-state index >= 15 is 0 Å². The van der Waals surface area contributed by atoms with Crippen molar-refractivity contribution in [2.45, 2.75) is 64.5 Å². The Balaban J connectivity index is 1.55. The van der Waals surface area contributed by atoms with Crippen LogP contribution in [0.25, 0.3) is 0 Å². The number of carbonyl (C=O) groups excluding carboxylic acids is 3. The van der Waals surface area contributed by atoms with Crippen LogP contribution in [-0.2, 0) is 10.9 Å². The lowest BCUT2D eigenvalue weighted by atomic mass is 10.0. The SMILES string of the molecule is C[C@@H]1CCCCO[C@@H](CN(C)C(=O)Nc2ccc(C(F)(F)F)cc2)[C@H](C)CN([C@H](C)CO)C(=O)c2cc(NC(=O)Nc3ccc(F)cc3)ccc2O1. The Kier molecular flexibility index (Phi) is 13.8. The summed E-state index contributed by atoms with van der Waals surface area (Å²) in [7, 11) is 1.54. The zero-order chi connectivity index (χ0) is 38.0. The summed E-state index contributed by atoms with van der Waals surface area (Å²) in [6.07, 6.45) is -3.28. The number of aliphatic hydroxyl groups excluding tert-OH is 1. The lowest BCUT2D eigenvalue weighted by Gasteiger charge is -2.35. The van der Waals surface area contributed by atoms with Crippen molar-refractivity contribution >= 4 is 35.0 Å². The first-order chi connectivity index (χ1) is 24.6. The van der Waals surface area contributed by atoms with Gasteiger partial charge in [0.25, 0.3) is 5.91 Å². The van der Waals surface area contributed by atoms with Gasteiger partial charge in [0.05, 0.1) is 36.0 Å². The first-order valence-electron chi connectivity index (χ1n) is 17.0. The molecule has 282 valence electrons. The minimum Gasteiger partial charge on any atom is -0.490 e. The number of alkyl halides is 3. The molecule has 0 fully saturated rings. The number of nitrogens with zero attached hydrogens (tertiary/aromatic N) is 2. The topological polar surface area (TPSA) is 132 Å². The van der Waals surface area contributed by atoms with E-state index in [-0.39, 0.29) is 48.7 Å². The van der Waals surface area contributed by atoms with Gasteiger partial charge in [0.2, 0.25) is 0 Å². The van der Waals surface area contributed by atoms with Crippen molar-refractivity contribution in [1.29, 1.82) is 0 Å². The Morgan fingerprint density at radius 1 is 0.962 bits per heavy atom. The molecule has 4 atom stereocenters.